The van der Waals surface area contributed by atoms with E-state index in [9.17, 15) is 0 Å². The number of fused-ring (bicyclic) bond motifs is 1. The Morgan fingerprint density at radius 1 is 1.29 bits per heavy atom. The molecule has 7 heteroatoms. The molecule has 128 valence electrons. The number of hydrogen-bond donors (Lipinski definition) is 3. The van der Waals surface area contributed by atoms with Gasteiger partial charge < -0.3 is 15.4 Å². The van der Waals surface area contributed by atoms with Crippen LogP contribution >= 0.6 is 11.3 Å². The van der Waals surface area contributed by atoms with Crippen LogP contribution in [0.3, 0.4) is 0 Å². The fourth-order valence-electron chi connectivity index (χ4n) is 2.41. The average Bonchev–Trinajstić information content (AvgIpc) is 3.14. The van der Waals surface area contributed by atoms with Gasteiger partial charge in [-0.25, -0.2) is 4.98 Å². The number of thiophene rings is 1. The largest absolute Gasteiger partial charge is 0.383 e. The number of methoxy groups -OCH3 is 1. The first-order valence-corrected chi connectivity index (χ1v) is 8.73. The van der Waals surface area contributed by atoms with Gasteiger partial charge in [0.15, 0.2) is 0 Å². The number of rotatable bonds is 6. The van der Waals surface area contributed by atoms with E-state index in [-0.39, 0.29) is 5.54 Å². The highest BCUT2D eigenvalue weighted by Crippen LogP contribution is 2.37. The summed E-state index contributed by atoms with van der Waals surface area (Å²) < 4.78 is 6.28. The molecule has 0 fully saturated rings. The van der Waals surface area contributed by atoms with Crippen molar-refractivity contribution in [2.75, 3.05) is 30.9 Å². The Labute approximate surface area is 145 Å². The summed E-state index contributed by atoms with van der Waals surface area (Å²) in [7, 11) is 1.71. The molecular weight excluding hydrogens is 322 g/mol. The van der Waals surface area contributed by atoms with Crippen LogP contribution in [0, 0.1) is 0 Å². The highest BCUT2D eigenvalue weighted by molar-refractivity contribution is 7.22. The first kappa shape index (κ1) is 16.7. The van der Waals surface area contributed by atoms with E-state index in [4.69, 9.17) is 9.72 Å². The van der Waals surface area contributed by atoms with Crippen LogP contribution in [-0.4, -0.2) is 41.0 Å². The predicted octanol–water partition coefficient (Wildman–Crippen LogP) is 3.96. The lowest BCUT2D eigenvalue weighted by Crippen LogP contribution is -2.26. The third-order valence-electron chi connectivity index (χ3n) is 3.37. The molecule has 0 aliphatic heterocycles. The van der Waals surface area contributed by atoms with Crippen molar-refractivity contribution in [2.24, 2.45) is 0 Å². The minimum absolute atomic E-state index is 0.0489. The fourth-order valence-corrected chi connectivity index (χ4v) is 3.48. The molecule has 0 saturated carbocycles. The topological polar surface area (TPSA) is 74.9 Å². The summed E-state index contributed by atoms with van der Waals surface area (Å²) in [6, 6.07) is 6.14. The van der Waals surface area contributed by atoms with Crippen LogP contribution in [0.25, 0.3) is 20.8 Å². The molecule has 3 heterocycles. The summed E-state index contributed by atoms with van der Waals surface area (Å²) in [5.41, 5.74) is 3.00. The highest BCUT2D eigenvalue weighted by atomic mass is 32.1. The van der Waals surface area contributed by atoms with Gasteiger partial charge in [0, 0.05) is 31.5 Å². The fraction of sp³-hybridized carbons (Fsp3) is 0.412. The van der Waals surface area contributed by atoms with E-state index in [2.05, 4.69) is 53.7 Å². The number of ether oxygens (including phenoxy) is 1. The number of nitrogens with zero attached hydrogens (tertiary/aromatic N) is 2. The minimum atomic E-state index is -0.0489. The molecule has 0 radical (unpaired) electrons. The number of H-pyrrole nitrogens is 1. The molecule has 0 bridgehead atoms. The van der Waals surface area contributed by atoms with Gasteiger partial charge in [-0.15, -0.1) is 11.3 Å². The predicted molar refractivity (Wildman–Crippen MR) is 101 cm³/mol. The van der Waals surface area contributed by atoms with Gasteiger partial charge in [-0.3, -0.25) is 5.10 Å². The van der Waals surface area contributed by atoms with Crippen molar-refractivity contribution < 1.29 is 4.74 Å². The van der Waals surface area contributed by atoms with E-state index >= 15 is 0 Å². The average molecular weight is 345 g/mol. The van der Waals surface area contributed by atoms with Gasteiger partial charge in [-0.2, -0.15) is 5.10 Å². The molecule has 3 aromatic rings. The minimum Gasteiger partial charge on any atom is -0.383 e. The van der Waals surface area contributed by atoms with Gasteiger partial charge in [0.2, 0.25) is 0 Å². The quantitative estimate of drug-likeness (QED) is 0.590. The Morgan fingerprint density at radius 3 is 2.79 bits per heavy atom. The number of hydrogen-bond acceptors (Lipinski definition) is 6. The second-order valence-electron chi connectivity index (χ2n) is 6.64. The van der Waals surface area contributed by atoms with E-state index in [1.165, 1.54) is 0 Å². The molecule has 0 aliphatic rings. The number of aromatic amines is 1. The normalized spacial score (nSPS) is 11.8. The Morgan fingerprint density at radius 2 is 2.12 bits per heavy atom. The number of nitrogens with one attached hydrogen (secondary N) is 3. The van der Waals surface area contributed by atoms with Crippen LogP contribution in [0.5, 0.6) is 0 Å². The molecule has 3 aromatic heterocycles. The zero-order valence-electron chi connectivity index (χ0n) is 14.4. The molecule has 3 N–H and O–H groups in total. The summed E-state index contributed by atoms with van der Waals surface area (Å²) in [5, 5.41) is 14.0. The Bertz CT molecular complexity index is 804. The van der Waals surface area contributed by atoms with Crippen molar-refractivity contribution in [3.05, 3.63) is 24.4 Å². The molecule has 0 aliphatic carbocycles. The van der Waals surface area contributed by atoms with Crippen molar-refractivity contribution in [3.8, 4) is 10.6 Å². The van der Waals surface area contributed by atoms with Crippen LogP contribution < -0.4 is 10.6 Å². The lowest BCUT2D eigenvalue weighted by molar-refractivity contribution is 0.211. The van der Waals surface area contributed by atoms with Crippen LogP contribution in [0.4, 0.5) is 11.5 Å². The van der Waals surface area contributed by atoms with Gasteiger partial charge >= 0.3 is 0 Å². The summed E-state index contributed by atoms with van der Waals surface area (Å²) >= 11 is 1.70. The van der Waals surface area contributed by atoms with Crippen LogP contribution in [0.1, 0.15) is 20.8 Å². The summed E-state index contributed by atoms with van der Waals surface area (Å²) in [6.07, 6.45) is 1.76. The molecule has 0 atom stereocenters. The number of pyridine rings is 1. The Hall–Kier alpha value is -2.12. The number of aromatic nitrogens is 3. The number of anilines is 2. The van der Waals surface area contributed by atoms with Crippen LogP contribution in [0.2, 0.25) is 0 Å². The molecule has 0 spiro atoms. The maximum absolute atomic E-state index is 5.15. The summed E-state index contributed by atoms with van der Waals surface area (Å²) in [4.78, 5) is 5.90. The smallest absolute Gasteiger partial charge is 0.129 e. The third-order valence-corrected chi connectivity index (χ3v) is 4.56. The first-order chi connectivity index (χ1) is 11.5. The van der Waals surface area contributed by atoms with E-state index in [1.54, 1.807) is 24.6 Å². The lowest BCUT2D eigenvalue weighted by atomic mass is 10.1. The second kappa shape index (κ2) is 6.78. The van der Waals surface area contributed by atoms with Gasteiger partial charge in [0.25, 0.3) is 0 Å². The van der Waals surface area contributed by atoms with Crippen LogP contribution in [0.15, 0.2) is 24.4 Å². The molecule has 0 aromatic carbocycles. The monoisotopic (exact) mass is 345 g/mol. The van der Waals surface area contributed by atoms with Crippen molar-refractivity contribution in [1.82, 2.24) is 15.2 Å². The highest BCUT2D eigenvalue weighted by Gasteiger charge is 2.15. The molecule has 0 saturated heterocycles. The maximum atomic E-state index is 5.15. The third kappa shape index (κ3) is 3.85. The Balaban J connectivity index is 2.02. The molecule has 3 rings (SSSR count). The van der Waals surface area contributed by atoms with Gasteiger partial charge in [-0.05, 0) is 32.9 Å². The van der Waals surface area contributed by atoms with Crippen molar-refractivity contribution >= 4 is 33.1 Å². The summed E-state index contributed by atoms with van der Waals surface area (Å²) in [5.74, 6) is 0.865. The van der Waals surface area contributed by atoms with Crippen molar-refractivity contribution in [1.29, 1.82) is 0 Å². The zero-order valence-corrected chi connectivity index (χ0v) is 15.3. The first-order valence-electron chi connectivity index (χ1n) is 7.91. The van der Waals surface area contributed by atoms with E-state index < -0.39 is 0 Å². The van der Waals surface area contributed by atoms with Crippen LogP contribution in [-0.2, 0) is 4.74 Å². The summed E-state index contributed by atoms with van der Waals surface area (Å²) in [6.45, 7) is 7.79. The van der Waals surface area contributed by atoms with Crippen molar-refractivity contribution in [2.45, 2.75) is 26.3 Å². The maximum Gasteiger partial charge on any atom is 0.129 e. The standard InChI is InChI=1S/C17H23N5OS/c1-17(2,3)21-15-10-12(18-7-8-23-4)16-13(20-15)9-14(24-16)11-5-6-19-22-11/h5-6,9-10H,7-8H2,1-4H3,(H,19,22)(H2,18,20,21). The molecule has 6 nitrogen and oxygen atoms in total. The van der Waals surface area contributed by atoms with E-state index in [0.29, 0.717) is 6.61 Å². The second-order valence-corrected chi connectivity index (χ2v) is 7.70. The van der Waals surface area contributed by atoms with Crippen molar-refractivity contribution in [3.63, 3.8) is 0 Å². The van der Waals surface area contributed by atoms with Gasteiger partial charge in [-0.1, -0.05) is 0 Å². The van der Waals surface area contributed by atoms with Gasteiger partial charge in [0.1, 0.15) is 5.82 Å². The molecule has 0 unspecified atom stereocenters. The van der Waals surface area contributed by atoms with E-state index in [1.807, 2.05) is 6.07 Å². The molecular formula is C17H23N5OS. The lowest BCUT2D eigenvalue weighted by Gasteiger charge is -2.22. The zero-order chi connectivity index (χ0) is 17.2. The van der Waals surface area contributed by atoms with Gasteiger partial charge in [0.05, 0.1) is 33.1 Å². The SMILES string of the molecule is COCCNc1cc(NC(C)(C)C)nc2cc(-c3ccn[nH]3)sc12. The Kier molecular flexibility index (Phi) is 4.73. The molecule has 24 heavy (non-hydrogen) atoms. The molecule has 0 amide bonds. The van der Waals surface area contributed by atoms with E-state index in [0.717, 1.165) is 38.8 Å².